The van der Waals surface area contributed by atoms with Crippen LogP contribution in [0.2, 0.25) is 0 Å². The van der Waals surface area contributed by atoms with Crippen molar-refractivity contribution >= 4 is 16.0 Å². The summed E-state index contributed by atoms with van der Waals surface area (Å²) in [5.41, 5.74) is -0.187. The van der Waals surface area contributed by atoms with E-state index in [1.807, 2.05) is 6.07 Å². The molecule has 0 aromatic heterocycles. The van der Waals surface area contributed by atoms with E-state index >= 15 is 0 Å². The number of carboxylic acids is 1. The fourth-order valence-corrected chi connectivity index (χ4v) is 2.63. The van der Waals surface area contributed by atoms with Crippen molar-refractivity contribution in [2.24, 2.45) is 5.41 Å². The number of nitrogens with zero attached hydrogens (tertiary/aromatic N) is 1. The van der Waals surface area contributed by atoms with Crippen molar-refractivity contribution in [3.05, 3.63) is 35.4 Å². The van der Waals surface area contributed by atoms with Gasteiger partial charge in [-0.05, 0) is 31.5 Å². The Bertz CT molecular complexity index is 627. The molecule has 1 aromatic rings. The van der Waals surface area contributed by atoms with E-state index in [-0.39, 0.29) is 12.3 Å². The number of sulfonamides is 1. The normalized spacial score (nSPS) is 11.8. The Balaban J connectivity index is 2.71. The molecule has 6 nitrogen and oxygen atoms in total. The Morgan fingerprint density at radius 3 is 2.35 bits per heavy atom. The first-order valence-corrected chi connectivity index (χ1v) is 7.51. The Labute approximate surface area is 118 Å². The molecule has 0 radical (unpaired) electrons. The van der Waals surface area contributed by atoms with Gasteiger partial charge in [0.1, 0.15) is 0 Å². The van der Waals surface area contributed by atoms with Gasteiger partial charge in [-0.15, -0.1) is 0 Å². The average Bonchev–Trinajstić information content (AvgIpc) is 2.37. The number of benzene rings is 1. The quantitative estimate of drug-likeness (QED) is 0.817. The lowest BCUT2D eigenvalue weighted by atomic mass is 9.95. The molecule has 0 atom stereocenters. The first-order valence-electron chi connectivity index (χ1n) is 5.86. The zero-order valence-corrected chi connectivity index (χ0v) is 12.1. The third-order valence-corrected chi connectivity index (χ3v) is 4.05. The second-order valence-electron chi connectivity index (χ2n) is 5.08. The predicted octanol–water partition coefficient (Wildman–Crippen LogP) is 1.09. The number of carbonyl (C=O) groups is 1. The third kappa shape index (κ3) is 4.64. The van der Waals surface area contributed by atoms with Crippen LogP contribution in [0.3, 0.4) is 0 Å². The summed E-state index contributed by atoms with van der Waals surface area (Å²) in [6.07, 6.45) is 0. The smallest absolute Gasteiger partial charge is 0.310 e. The van der Waals surface area contributed by atoms with Crippen molar-refractivity contribution < 1.29 is 18.3 Å². The molecule has 0 aliphatic heterocycles. The molecule has 0 saturated carbocycles. The van der Waals surface area contributed by atoms with Gasteiger partial charge in [0.2, 0.25) is 10.0 Å². The summed E-state index contributed by atoms with van der Waals surface area (Å²) in [4.78, 5) is 10.9. The summed E-state index contributed by atoms with van der Waals surface area (Å²) in [7, 11) is -3.62. The Morgan fingerprint density at radius 1 is 1.35 bits per heavy atom. The molecule has 7 heteroatoms. The van der Waals surface area contributed by atoms with E-state index in [0.717, 1.165) is 0 Å². The fraction of sp³-hybridized carbons (Fsp3) is 0.385. The van der Waals surface area contributed by atoms with E-state index in [1.54, 1.807) is 12.1 Å². The standard InChI is InChI=1S/C13H16N2O4S/c1-13(2,12(16)17)9-15-20(18,19)8-11-5-3-10(7-14)4-6-11/h3-6,15H,8-9H2,1-2H3,(H,16,17). The lowest BCUT2D eigenvalue weighted by Gasteiger charge is -2.19. The minimum absolute atomic E-state index is 0.180. The number of aliphatic carboxylic acids is 1. The molecule has 0 aliphatic carbocycles. The molecule has 0 heterocycles. The average molecular weight is 296 g/mol. The number of carboxylic acid groups (broad SMARTS) is 1. The molecule has 1 aromatic carbocycles. The van der Waals surface area contributed by atoms with Gasteiger partial charge in [0.15, 0.2) is 0 Å². The van der Waals surface area contributed by atoms with Crippen molar-refractivity contribution in [2.75, 3.05) is 6.54 Å². The van der Waals surface area contributed by atoms with E-state index < -0.39 is 21.4 Å². The molecule has 0 aliphatic rings. The van der Waals surface area contributed by atoms with Gasteiger partial charge < -0.3 is 5.11 Å². The zero-order chi connectivity index (χ0) is 15.4. The lowest BCUT2D eigenvalue weighted by Crippen LogP contribution is -2.39. The molecule has 0 amide bonds. The second kappa shape index (κ2) is 6.03. The summed E-state index contributed by atoms with van der Waals surface area (Å²) in [6, 6.07) is 8.12. The highest BCUT2D eigenvalue weighted by atomic mass is 32.2. The maximum Gasteiger partial charge on any atom is 0.310 e. The van der Waals surface area contributed by atoms with Gasteiger partial charge in [0.05, 0.1) is 22.8 Å². The van der Waals surface area contributed by atoms with Gasteiger partial charge in [0.25, 0.3) is 0 Å². The molecule has 1 rings (SSSR count). The second-order valence-corrected chi connectivity index (χ2v) is 6.88. The van der Waals surface area contributed by atoms with Gasteiger partial charge in [-0.3, -0.25) is 4.79 Å². The van der Waals surface area contributed by atoms with Crippen LogP contribution in [0.4, 0.5) is 0 Å². The molecule has 0 bridgehead atoms. The molecular formula is C13H16N2O4S. The maximum atomic E-state index is 11.9. The lowest BCUT2D eigenvalue weighted by molar-refractivity contribution is -0.146. The number of hydrogen-bond acceptors (Lipinski definition) is 4. The maximum absolute atomic E-state index is 11.9. The molecule has 2 N–H and O–H groups in total. The summed E-state index contributed by atoms with van der Waals surface area (Å²) >= 11 is 0. The monoisotopic (exact) mass is 296 g/mol. The minimum atomic E-state index is -3.62. The van der Waals surface area contributed by atoms with E-state index in [2.05, 4.69) is 4.72 Å². The number of rotatable bonds is 6. The highest BCUT2D eigenvalue weighted by molar-refractivity contribution is 7.88. The van der Waals surface area contributed by atoms with Crippen LogP contribution in [0.1, 0.15) is 25.0 Å². The topological polar surface area (TPSA) is 107 Å². The van der Waals surface area contributed by atoms with Crippen LogP contribution in [-0.2, 0) is 20.6 Å². The highest BCUT2D eigenvalue weighted by Gasteiger charge is 2.28. The van der Waals surface area contributed by atoms with Crippen LogP contribution in [-0.4, -0.2) is 26.0 Å². The van der Waals surface area contributed by atoms with Gasteiger partial charge in [-0.2, -0.15) is 5.26 Å². The van der Waals surface area contributed by atoms with E-state index in [9.17, 15) is 13.2 Å². The first-order chi connectivity index (χ1) is 9.16. The number of hydrogen-bond donors (Lipinski definition) is 2. The molecular weight excluding hydrogens is 280 g/mol. The molecule has 20 heavy (non-hydrogen) atoms. The van der Waals surface area contributed by atoms with Crippen molar-refractivity contribution in [2.45, 2.75) is 19.6 Å². The van der Waals surface area contributed by atoms with Crippen LogP contribution in [0.15, 0.2) is 24.3 Å². The van der Waals surface area contributed by atoms with Crippen LogP contribution in [0.25, 0.3) is 0 Å². The van der Waals surface area contributed by atoms with E-state index in [4.69, 9.17) is 10.4 Å². The fourth-order valence-electron chi connectivity index (χ4n) is 1.31. The Hall–Kier alpha value is -1.91. The van der Waals surface area contributed by atoms with E-state index in [1.165, 1.54) is 26.0 Å². The van der Waals surface area contributed by atoms with Gasteiger partial charge in [-0.25, -0.2) is 13.1 Å². The minimum Gasteiger partial charge on any atom is -0.481 e. The SMILES string of the molecule is CC(C)(CNS(=O)(=O)Cc1ccc(C#N)cc1)C(=O)O. The van der Waals surface area contributed by atoms with Crippen LogP contribution >= 0.6 is 0 Å². The largest absolute Gasteiger partial charge is 0.481 e. The van der Waals surface area contributed by atoms with Crippen LogP contribution in [0.5, 0.6) is 0 Å². The molecule has 0 spiro atoms. The first kappa shape index (κ1) is 16.1. The van der Waals surface area contributed by atoms with Crippen molar-refractivity contribution in [1.29, 1.82) is 5.26 Å². The molecule has 0 unspecified atom stereocenters. The Morgan fingerprint density at radius 2 is 1.90 bits per heavy atom. The number of nitrogens with one attached hydrogen (secondary N) is 1. The summed E-state index contributed by atoms with van der Waals surface area (Å²) < 4.78 is 26.0. The molecule has 0 fully saturated rings. The van der Waals surface area contributed by atoms with Gasteiger partial charge >= 0.3 is 5.97 Å². The highest BCUT2D eigenvalue weighted by Crippen LogP contribution is 2.14. The summed E-state index contributed by atoms with van der Waals surface area (Å²) in [6.45, 7) is 2.71. The summed E-state index contributed by atoms with van der Waals surface area (Å²) in [5, 5.41) is 17.6. The van der Waals surface area contributed by atoms with Crippen molar-refractivity contribution in [3.63, 3.8) is 0 Å². The van der Waals surface area contributed by atoms with Gasteiger partial charge in [0, 0.05) is 6.54 Å². The Kier molecular flexibility index (Phi) is 4.87. The van der Waals surface area contributed by atoms with Crippen molar-refractivity contribution in [3.8, 4) is 6.07 Å². The molecule has 108 valence electrons. The van der Waals surface area contributed by atoms with E-state index in [0.29, 0.717) is 11.1 Å². The van der Waals surface area contributed by atoms with Crippen LogP contribution in [0, 0.1) is 16.7 Å². The van der Waals surface area contributed by atoms with Crippen molar-refractivity contribution in [1.82, 2.24) is 4.72 Å². The third-order valence-electron chi connectivity index (χ3n) is 2.75. The summed E-state index contributed by atoms with van der Waals surface area (Å²) in [5.74, 6) is -1.33. The molecule has 0 saturated heterocycles. The van der Waals surface area contributed by atoms with Gasteiger partial charge in [-0.1, -0.05) is 12.1 Å². The zero-order valence-electron chi connectivity index (χ0n) is 11.3. The number of nitriles is 1. The predicted molar refractivity (Wildman–Crippen MR) is 73.2 cm³/mol. The van der Waals surface area contributed by atoms with Crippen LogP contribution < -0.4 is 4.72 Å².